The molecule has 0 aromatic carbocycles. The van der Waals surface area contributed by atoms with Gasteiger partial charge in [-0.1, -0.05) is 19.9 Å². The van der Waals surface area contributed by atoms with Crippen LogP contribution in [0.3, 0.4) is 0 Å². The molecule has 1 aromatic heterocycles. The molecule has 0 aliphatic rings. The third-order valence-electron chi connectivity index (χ3n) is 2.83. The Kier molecular flexibility index (Phi) is 5.33. The van der Waals surface area contributed by atoms with Crippen LogP contribution in [0.4, 0.5) is 0 Å². The van der Waals surface area contributed by atoms with Gasteiger partial charge in [0.2, 0.25) is 0 Å². The van der Waals surface area contributed by atoms with Gasteiger partial charge in [0.25, 0.3) is 0 Å². The highest BCUT2D eigenvalue weighted by molar-refractivity contribution is 5.13. The first-order chi connectivity index (χ1) is 7.26. The number of nitrogens with zero attached hydrogens (tertiary/aromatic N) is 1. The molecule has 1 unspecified atom stereocenters. The lowest BCUT2D eigenvalue weighted by Crippen LogP contribution is -2.18. The minimum Gasteiger partial charge on any atom is -0.328 e. The Balaban J connectivity index is 2.31. The van der Waals surface area contributed by atoms with Crippen molar-refractivity contribution in [1.82, 2.24) is 4.98 Å². The Labute approximate surface area is 92.9 Å². The maximum atomic E-state index is 5.86. The molecular weight excluding hydrogens is 184 g/mol. The van der Waals surface area contributed by atoms with E-state index in [0.717, 1.165) is 32.1 Å². The predicted molar refractivity (Wildman–Crippen MR) is 64.8 cm³/mol. The molecule has 0 aliphatic carbocycles. The number of aromatic nitrogens is 1. The van der Waals surface area contributed by atoms with E-state index < -0.39 is 0 Å². The Morgan fingerprint density at radius 1 is 1.33 bits per heavy atom. The minimum atomic E-state index is 0.361. The van der Waals surface area contributed by atoms with Crippen molar-refractivity contribution in [3.8, 4) is 0 Å². The Morgan fingerprint density at radius 2 is 2.13 bits per heavy atom. The zero-order valence-electron chi connectivity index (χ0n) is 9.87. The van der Waals surface area contributed by atoms with Crippen LogP contribution < -0.4 is 5.73 Å². The zero-order valence-corrected chi connectivity index (χ0v) is 9.87. The van der Waals surface area contributed by atoms with Crippen LogP contribution >= 0.6 is 0 Å². The average Bonchev–Trinajstić information content (AvgIpc) is 2.29. The van der Waals surface area contributed by atoms with Crippen LogP contribution in [0, 0.1) is 0 Å². The smallest absolute Gasteiger partial charge is 0.0403 e. The molecule has 0 saturated heterocycles. The van der Waals surface area contributed by atoms with Gasteiger partial charge in [0.05, 0.1) is 0 Å². The molecule has 0 fully saturated rings. The number of hydrogen-bond donors (Lipinski definition) is 1. The molecule has 1 rings (SSSR count). The fourth-order valence-electron chi connectivity index (χ4n) is 1.56. The Hall–Kier alpha value is -0.890. The van der Waals surface area contributed by atoms with Crippen molar-refractivity contribution in [2.75, 3.05) is 0 Å². The van der Waals surface area contributed by atoms with Gasteiger partial charge in [-0.2, -0.15) is 0 Å². The predicted octanol–water partition coefficient (Wildman–Crippen LogP) is 2.70. The van der Waals surface area contributed by atoms with Crippen molar-refractivity contribution in [1.29, 1.82) is 0 Å². The van der Waals surface area contributed by atoms with Gasteiger partial charge in [-0.3, -0.25) is 4.98 Å². The topological polar surface area (TPSA) is 38.9 Å². The van der Waals surface area contributed by atoms with Crippen LogP contribution in [0.1, 0.15) is 44.4 Å². The van der Waals surface area contributed by atoms with Crippen molar-refractivity contribution in [2.24, 2.45) is 5.73 Å². The number of aryl methyl sites for hydroxylation is 2. The molecule has 2 heteroatoms. The van der Waals surface area contributed by atoms with Crippen LogP contribution in [0.2, 0.25) is 0 Å². The lowest BCUT2D eigenvalue weighted by Gasteiger charge is -2.07. The van der Waals surface area contributed by atoms with Crippen LogP contribution in [-0.2, 0) is 12.8 Å². The maximum absolute atomic E-state index is 5.86. The first-order valence-electron chi connectivity index (χ1n) is 5.95. The fraction of sp³-hybridized carbons (Fsp3) is 0.615. The summed E-state index contributed by atoms with van der Waals surface area (Å²) in [4.78, 5) is 4.43. The quantitative estimate of drug-likeness (QED) is 0.777. The molecule has 0 spiro atoms. The molecule has 0 radical (unpaired) electrons. The van der Waals surface area contributed by atoms with Crippen LogP contribution in [-0.4, -0.2) is 11.0 Å². The fourth-order valence-corrected chi connectivity index (χ4v) is 1.56. The lowest BCUT2D eigenvalue weighted by atomic mass is 10.1. The summed E-state index contributed by atoms with van der Waals surface area (Å²) in [5.74, 6) is 0. The van der Waals surface area contributed by atoms with E-state index in [4.69, 9.17) is 5.73 Å². The summed E-state index contributed by atoms with van der Waals surface area (Å²) in [7, 11) is 0. The monoisotopic (exact) mass is 206 g/mol. The summed E-state index contributed by atoms with van der Waals surface area (Å²) in [5.41, 5.74) is 8.36. The Morgan fingerprint density at radius 3 is 2.67 bits per heavy atom. The summed E-state index contributed by atoms with van der Waals surface area (Å²) < 4.78 is 0. The molecule has 1 heterocycles. The highest BCUT2D eigenvalue weighted by Gasteiger charge is 2.00. The van der Waals surface area contributed by atoms with Gasteiger partial charge in [0.1, 0.15) is 0 Å². The first-order valence-corrected chi connectivity index (χ1v) is 5.95. The van der Waals surface area contributed by atoms with E-state index in [0.29, 0.717) is 6.04 Å². The van der Waals surface area contributed by atoms with Gasteiger partial charge >= 0.3 is 0 Å². The van der Waals surface area contributed by atoms with E-state index in [-0.39, 0.29) is 0 Å². The number of rotatable bonds is 6. The molecule has 2 nitrogen and oxygen atoms in total. The highest BCUT2D eigenvalue weighted by Crippen LogP contribution is 2.06. The van der Waals surface area contributed by atoms with E-state index >= 15 is 0 Å². The van der Waals surface area contributed by atoms with E-state index in [2.05, 4.69) is 31.0 Å². The maximum Gasteiger partial charge on any atom is 0.0403 e. The second kappa shape index (κ2) is 6.57. The summed E-state index contributed by atoms with van der Waals surface area (Å²) in [6.07, 6.45) is 7.42. The normalized spacial score (nSPS) is 12.7. The number of nitrogens with two attached hydrogens (primary N) is 1. The molecule has 1 aromatic rings. The molecule has 1 atom stereocenters. The zero-order chi connectivity index (χ0) is 11.1. The standard InChI is InChI=1S/C13H22N2/c1-3-11-8-9-13(15-10-11)7-5-6-12(14)4-2/h8-10,12H,3-7,14H2,1-2H3. The first kappa shape index (κ1) is 12.2. The van der Waals surface area contributed by atoms with Gasteiger partial charge in [0, 0.05) is 17.9 Å². The lowest BCUT2D eigenvalue weighted by molar-refractivity contribution is 0.565. The Bertz CT molecular complexity index is 266. The third kappa shape index (κ3) is 4.43. The van der Waals surface area contributed by atoms with Gasteiger partial charge in [-0.15, -0.1) is 0 Å². The van der Waals surface area contributed by atoms with Gasteiger partial charge < -0.3 is 5.73 Å². The molecular formula is C13H22N2. The largest absolute Gasteiger partial charge is 0.328 e. The van der Waals surface area contributed by atoms with Crippen molar-refractivity contribution in [2.45, 2.75) is 52.0 Å². The van der Waals surface area contributed by atoms with Crippen LogP contribution in [0.25, 0.3) is 0 Å². The van der Waals surface area contributed by atoms with E-state index in [1.165, 1.54) is 11.3 Å². The minimum absolute atomic E-state index is 0.361. The SMILES string of the molecule is CCc1ccc(CCCC(N)CC)nc1. The highest BCUT2D eigenvalue weighted by atomic mass is 14.7. The molecule has 0 bridgehead atoms. The van der Waals surface area contributed by atoms with Crippen molar-refractivity contribution in [3.05, 3.63) is 29.6 Å². The summed E-state index contributed by atoms with van der Waals surface area (Å²) >= 11 is 0. The van der Waals surface area contributed by atoms with Crippen molar-refractivity contribution < 1.29 is 0 Å². The number of hydrogen-bond acceptors (Lipinski definition) is 2. The molecule has 2 N–H and O–H groups in total. The molecule has 15 heavy (non-hydrogen) atoms. The van der Waals surface area contributed by atoms with Crippen LogP contribution in [0.5, 0.6) is 0 Å². The van der Waals surface area contributed by atoms with Gasteiger partial charge in [0.15, 0.2) is 0 Å². The van der Waals surface area contributed by atoms with Crippen molar-refractivity contribution >= 4 is 0 Å². The molecule has 0 aliphatic heterocycles. The van der Waals surface area contributed by atoms with E-state index in [1.54, 1.807) is 0 Å². The third-order valence-corrected chi connectivity index (χ3v) is 2.83. The second-order valence-corrected chi connectivity index (χ2v) is 4.07. The molecule has 0 saturated carbocycles. The summed E-state index contributed by atoms with van der Waals surface area (Å²) in [5, 5.41) is 0. The van der Waals surface area contributed by atoms with Crippen LogP contribution in [0.15, 0.2) is 18.3 Å². The van der Waals surface area contributed by atoms with Gasteiger partial charge in [-0.05, 0) is 43.7 Å². The van der Waals surface area contributed by atoms with Crippen molar-refractivity contribution in [3.63, 3.8) is 0 Å². The summed E-state index contributed by atoms with van der Waals surface area (Å²) in [6.45, 7) is 4.29. The summed E-state index contributed by atoms with van der Waals surface area (Å²) in [6, 6.07) is 4.66. The van der Waals surface area contributed by atoms with Gasteiger partial charge in [-0.25, -0.2) is 0 Å². The number of pyridine rings is 1. The average molecular weight is 206 g/mol. The molecule has 0 amide bonds. The van der Waals surface area contributed by atoms with E-state index in [1.807, 2.05) is 6.20 Å². The molecule has 84 valence electrons. The second-order valence-electron chi connectivity index (χ2n) is 4.07. The van der Waals surface area contributed by atoms with E-state index in [9.17, 15) is 0 Å².